The Hall–Kier alpha value is -0.120. The molecule has 0 aromatic carbocycles. The summed E-state index contributed by atoms with van der Waals surface area (Å²) in [6, 6.07) is 1.11. The molecule has 1 aliphatic carbocycles. The quantitative estimate of drug-likeness (QED) is 0.708. The van der Waals surface area contributed by atoms with E-state index in [-0.39, 0.29) is 12.0 Å². The average molecular weight is 211 g/mol. The van der Waals surface area contributed by atoms with Crippen LogP contribution in [0.15, 0.2) is 0 Å². The van der Waals surface area contributed by atoms with Gasteiger partial charge in [0.05, 0.1) is 12.2 Å². The van der Waals surface area contributed by atoms with E-state index in [1.807, 2.05) is 0 Å². The molecule has 0 aromatic rings. The van der Waals surface area contributed by atoms with Gasteiger partial charge in [0.15, 0.2) is 0 Å². The van der Waals surface area contributed by atoms with Gasteiger partial charge < -0.3 is 15.1 Å². The largest absolute Gasteiger partial charge is 0.396 e. The van der Waals surface area contributed by atoms with Crippen molar-refractivity contribution in [2.75, 3.05) is 13.7 Å². The van der Waals surface area contributed by atoms with Crippen molar-refractivity contribution in [3.63, 3.8) is 0 Å². The van der Waals surface area contributed by atoms with E-state index in [1.54, 1.807) is 0 Å². The maximum atomic E-state index is 10.8. The van der Waals surface area contributed by atoms with Crippen LogP contribution < -0.4 is 0 Å². The molecule has 2 unspecified atom stereocenters. The summed E-state index contributed by atoms with van der Waals surface area (Å²) in [6.45, 7) is 0.173. The van der Waals surface area contributed by atoms with Crippen LogP contribution in [0.25, 0.3) is 0 Å². The van der Waals surface area contributed by atoms with Crippen molar-refractivity contribution in [1.82, 2.24) is 4.90 Å². The lowest BCUT2D eigenvalue weighted by atomic mass is 9.74. The van der Waals surface area contributed by atoms with E-state index < -0.39 is 5.60 Å². The molecule has 0 aromatic heterocycles. The summed E-state index contributed by atoms with van der Waals surface area (Å²) in [5, 5.41) is 20.2. The lowest BCUT2D eigenvalue weighted by Gasteiger charge is -2.46. The monoisotopic (exact) mass is 211 g/mol. The highest BCUT2D eigenvalue weighted by Crippen LogP contribution is 2.60. The normalized spacial score (nSPS) is 48.2. The van der Waals surface area contributed by atoms with Crippen molar-refractivity contribution in [1.29, 1.82) is 0 Å². The molecule has 0 amide bonds. The first kappa shape index (κ1) is 10.1. The number of hydrogen-bond donors (Lipinski definition) is 2. The Labute approximate surface area is 91.1 Å². The molecule has 2 heterocycles. The third-order valence-electron chi connectivity index (χ3n) is 5.28. The van der Waals surface area contributed by atoms with Gasteiger partial charge in [-0.1, -0.05) is 0 Å². The van der Waals surface area contributed by atoms with Crippen molar-refractivity contribution >= 4 is 0 Å². The first-order valence-corrected chi connectivity index (χ1v) is 6.15. The Balaban J connectivity index is 1.84. The topological polar surface area (TPSA) is 43.7 Å². The molecule has 3 aliphatic rings. The van der Waals surface area contributed by atoms with Gasteiger partial charge in [-0.3, -0.25) is 0 Å². The van der Waals surface area contributed by atoms with E-state index >= 15 is 0 Å². The first-order chi connectivity index (χ1) is 7.10. The molecule has 2 atom stereocenters. The predicted molar refractivity (Wildman–Crippen MR) is 57.5 cm³/mol. The van der Waals surface area contributed by atoms with Gasteiger partial charge in [0.1, 0.15) is 0 Å². The third-order valence-corrected chi connectivity index (χ3v) is 5.28. The average Bonchev–Trinajstić information content (AvgIpc) is 2.96. The smallest absolute Gasteiger partial charge is 0.0755 e. The number of nitrogens with zero attached hydrogens (tertiary/aromatic N) is 1. The fraction of sp³-hybridized carbons (Fsp3) is 1.00. The fourth-order valence-electron chi connectivity index (χ4n) is 3.80. The summed E-state index contributed by atoms with van der Waals surface area (Å²) in [6.07, 6.45) is 6.24. The Bertz CT molecular complexity index is 261. The highest BCUT2D eigenvalue weighted by atomic mass is 16.3. The zero-order valence-corrected chi connectivity index (χ0v) is 9.45. The van der Waals surface area contributed by atoms with Crippen molar-refractivity contribution < 1.29 is 10.2 Å². The van der Waals surface area contributed by atoms with Crippen LogP contribution in [0.4, 0.5) is 0 Å². The second-order valence-corrected chi connectivity index (χ2v) is 5.93. The van der Waals surface area contributed by atoms with E-state index in [2.05, 4.69) is 11.9 Å². The molecule has 1 saturated carbocycles. The SMILES string of the molecule is CN1C2CCC1CC(O)(C1(CO)CC1)C2. The molecule has 3 rings (SSSR count). The van der Waals surface area contributed by atoms with Crippen LogP contribution in [-0.4, -0.2) is 46.5 Å². The molecule has 2 aliphatic heterocycles. The number of hydrogen-bond acceptors (Lipinski definition) is 3. The molecule has 3 heteroatoms. The molecule has 0 spiro atoms. The molecule has 0 radical (unpaired) electrons. The molecule has 15 heavy (non-hydrogen) atoms. The minimum absolute atomic E-state index is 0.130. The summed E-state index contributed by atoms with van der Waals surface area (Å²) in [7, 11) is 2.18. The van der Waals surface area contributed by atoms with Crippen LogP contribution >= 0.6 is 0 Å². The van der Waals surface area contributed by atoms with E-state index in [0.29, 0.717) is 12.1 Å². The Morgan fingerprint density at radius 1 is 1.20 bits per heavy atom. The molecule has 3 nitrogen and oxygen atoms in total. The van der Waals surface area contributed by atoms with Gasteiger partial charge in [0, 0.05) is 17.5 Å². The Morgan fingerprint density at radius 3 is 2.13 bits per heavy atom. The standard InChI is InChI=1S/C12H21NO2/c1-13-9-2-3-10(13)7-12(15,6-9)11(8-14)4-5-11/h9-10,14-15H,2-8H2,1H3. The lowest BCUT2D eigenvalue weighted by Crippen LogP contribution is -2.54. The van der Waals surface area contributed by atoms with Gasteiger partial charge in [-0.2, -0.15) is 0 Å². The molecule has 2 saturated heterocycles. The summed E-state index contributed by atoms with van der Waals surface area (Å²) in [5.74, 6) is 0. The number of aliphatic hydroxyl groups is 2. The number of piperidine rings is 1. The van der Waals surface area contributed by atoms with Crippen LogP contribution in [0.5, 0.6) is 0 Å². The van der Waals surface area contributed by atoms with Crippen LogP contribution in [0.2, 0.25) is 0 Å². The molecular formula is C12H21NO2. The minimum Gasteiger partial charge on any atom is -0.396 e. The second-order valence-electron chi connectivity index (χ2n) is 5.93. The molecule has 86 valence electrons. The molecule has 2 bridgehead atoms. The lowest BCUT2D eigenvalue weighted by molar-refractivity contribution is -0.110. The van der Waals surface area contributed by atoms with Gasteiger partial charge in [0.25, 0.3) is 0 Å². The summed E-state index contributed by atoms with van der Waals surface area (Å²) >= 11 is 0. The first-order valence-electron chi connectivity index (χ1n) is 6.15. The van der Waals surface area contributed by atoms with Crippen LogP contribution in [0.3, 0.4) is 0 Å². The third kappa shape index (κ3) is 1.23. The zero-order chi connectivity index (χ0) is 10.7. The van der Waals surface area contributed by atoms with Crippen molar-refractivity contribution in [2.45, 2.75) is 56.2 Å². The number of rotatable bonds is 2. The maximum Gasteiger partial charge on any atom is 0.0755 e. The highest BCUT2D eigenvalue weighted by Gasteiger charge is 2.62. The Kier molecular flexibility index (Phi) is 1.99. The van der Waals surface area contributed by atoms with Gasteiger partial charge >= 0.3 is 0 Å². The van der Waals surface area contributed by atoms with Crippen molar-refractivity contribution in [2.24, 2.45) is 5.41 Å². The van der Waals surface area contributed by atoms with E-state index in [4.69, 9.17) is 0 Å². The van der Waals surface area contributed by atoms with Crippen LogP contribution in [0.1, 0.15) is 38.5 Å². The predicted octanol–water partition coefficient (Wildman–Crippen LogP) is 0.747. The van der Waals surface area contributed by atoms with Crippen LogP contribution in [0, 0.1) is 5.41 Å². The number of fused-ring (bicyclic) bond motifs is 2. The highest BCUT2D eigenvalue weighted by molar-refractivity contribution is 5.14. The zero-order valence-electron chi connectivity index (χ0n) is 9.45. The van der Waals surface area contributed by atoms with E-state index in [1.165, 1.54) is 12.8 Å². The van der Waals surface area contributed by atoms with Crippen molar-refractivity contribution in [3.05, 3.63) is 0 Å². The second kappa shape index (κ2) is 2.96. The fourth-order valence-corrected chi connectivity index (χ4v) is 3.80. The van der Waals surface area contributed by atoms with Crippen molar-refractivity contribution in [3.8, 4) is 0 Å². The summed E-state index contributed by atoms with van der Waals surface area (Å²) in [5.41, 5.74) is -0.699. The summed E-state index contributed by atoms with van der Waals surface area (Å²) in [4.78, 5) is 2.43. The van der Waals surface area contributed by atoms with Gasteiger partial charge in [-0.25, -0.2) is 0 Å². The van der Waals surface area contributed by atoms with Gasteiger partial charge in [-0.15, -0.1) is 0 Å². The van der Waals surface area contributed by atoms with E-state index in [9.17, 15) is 10.2 Å². The minimum atomic E-state index is -0.569. The Morgan fingerprint density at radius 2 is 1.73 bits per heavy atom. The summed E-state index contributed by atoms with van der Waals surface area (Å²) < 4.78 is 0. The van der Waals surface area contributed by atoms with Crippen LogP contribution in [-0.2, 0) is 0 Å². The van der Waals surface area contributed by atoms with Gasteiger partial charge in [0.2, 0.25) is 0 Å². The maximum absolute atomic E-state index is 10.8. The molecule has 2 N–H and O–H groups in total. The number of aliphatic hydroxyl groups excluding tert-OH is 1. The molecule has 3 fully saturated rings. The van der Waals surface area contributed by atoms with E-state index in [0.717, 1.165) is 25.7 Å². The van der Waals surface area contributed by atoms with Gasteiger partial charge in [-0.05, 0) is 45.6 Å². The molecular weight excluding hydrogens is 190 g/mol.